The molecule has 1 N–H and O–H groups in total. The van der Waals surface area contributed by atoms with Gasteiger partial charge >= 0.3 is 5.97 Å². The Kier molecular flexibility index (Phi) is 4.60. The molecule has 5 nitrogen and oxygen atoms in total. The van der Waals surface area contributed by atoms with E-state index < -0.39 is 11.9 Å². The van der Waals surface area contributed by atoms with E-state index in [4.69, 9.17) is 9.84 Å². The molecule has 0 radical (unpaired) electrons. The van der Waals surface area contributed by atoms with E-state index in [-0.39, 0.29) is 12.0 Å². The quantitative estimate of drug-likeness (QED) is 0.855. The third-order valence-electron chi connectivity index (χ3n) is 5.57. The fourth-order valence-electron chi connectivity index (χ4n) is 3.85. The zero-order valence-electron chi connectivity index (χ0n) is 15.4. The van der Waals surface area contributed by atoms with Crippen LogP contribution in [0.2, 0.25) is 0 Å². The molecule has 1 fully saturated rings. The Morgan fingerprint density at radius 2 is 1.85 bits per heavy atom. The largest absolute Gasteiger partial charge is 0.490 e. The number of anilines is 1. The first-order valence-corrected chi connectivity index (χ1v) is 9.47. The second-order valence-electron chi connectivity index (χ2n) is 7.39. The second-order valence-corrected chi connectivity index (χ2v) is 7.39. The van der Waals surface area contributed by atoms with E-state index in [0.717, 1.165) is 35.4 Å². The van der Waals surface area contributed by atoms with Gasteiger partial charge in [0.1, 0.15) is 5.75 Å². The molecule has 1 aliphatic carbocycles. The van der Waals surface area contributed by atoms with Gasteiger partial charge in [-0.2, -0.15) is 0 Å². The number of benzene rings is 2. The molecule has 1 aliphatic heterocycles. The van der Waals surface area contributed by atoms with Crippen molar-refractivity contribution >= 4 is 17.6 Å². The summed E-state index contributed by atoms with van der Waals surface area (Å²) < 4.78 is 6.03. The summed E-state index contributed by atoms with van der Waals surface area (Å²) in [4.78, 5) is 25.7. The summed E-state index contributed by atoms with van der Waals surface area (Å²) in [6.07, 6.45) is 4.84. The monoisotopic (exact) mass is 365 g/mol. The average Bonchev–Trinajstić information content (AvgIpc) is 3.29. The highest BCUT2D eigenvalue weighted by molar-refractivity contribution is 6.10. The number of amides is 1. The van der Waals surface area contributed by atoms with Crippen LogP contribution in [-0.4, -0.2) is 23.1 Å². The summed E-state index contributed by atoms with van der Waals surface area (Å²) in [7, 11) is 0. The van der Waals surface area contributed by atoms with Gasteiger partial charge in [0.15, 0.2) is 0 Å². The Bertz CT molecular complexity index is 868. The number of fused-ring (bicyclic) bond motifs is 1. The van der Waals surface area contributed by atoms with Crippen LogP contribution in [0, 0.1) is 0 Å². The molecule has 1 heterocycles. The lowest BCUT2D eigenvalue weighted by molar-refractivity contribution is -0.138. The topological polar surface area (TPSA) is 66.8 Å². The van der Waals surface area contributed by atoms with E-state index in [1.54, 1.807) is 24.0 Å². The predicted octanol–water partition coefficient (Wildman–Crippen LogP) is 4.36. The van der Waals surface area contributed by atoms with Crippen molar-refractivity contribution in [2.24, 2.45) is 0 Å². The zero-order valence-corrected chi connectivity index (χ0v) is 15.4. The van der Waals surface area contributed by atoms with Crippen molar-refractivity contribution in [3.05, 3.63) is 59.2 Å². The van der Waals surface area contributed by atoms with Crippen molar-refractivity contribution < 1.29 is 19.4 Å². The summed E-state index contributed by atoms with van der Waals surface area (Å²) >= 11 is 0. The van der Waals surface area contributed by atoms with Crippen molar-refractivity contribution in [3.8, 4) is 5.75 Å². The maximum Gasteiger partial charge on any atom is 0.310 e. The molecule has 1 saturated carbocycles. The van der Waals surface area contributed by atoms with E-state index in [1.807, 2.05) is 30.3 Å². The summed E-state index contributed by atoms with van der Waals surface area (Å²) in [5.41, 5.74) is 3.17. The summed E-state index contributed by atoms with van der Waals surface area (Å²) in [6, 6.07) is 13.0. The lowest BCUT2D eigenvalue weighted by Crippen LogP contribution is -2.23. The van der Waals surface area contributed by atoms with Crippen LogP contribution in [0.15, 0.2) is 42.5 Å². The molecular formula is C22H23NO4. The van der Waals surface area contributed by atoms with Crippen LogP contribution >= 0.6 is 0 Å². The van der Waals surface area contributed by atoms with Gasteiger partial charge in [-0.1, -0.05) is 18.2 Å². The molecule has 2 aromatic carbocycles. The fourth-order valence-corrected chi connectivity index (χ4v) is 3.85. The molecule has 0 saturated heterocycles. The third kappa shape index (κ3) is 3.42. The van der Waals surface area contributed by atoms with Crippen LogP contribution in [0.3, 0.4) is 0 Å². The third-order valence-corrected chi connectivity index (χ3v) is 5.57. The van der Waals surface area contributed by atoms with Gasteiger partial charge in [0.05, 0.1) is 18.6 Å². The van der Waals surface area contributed by atoms with E-state index in [0.29, 0.717) is 12.1 Å². The summed E-state index contributed by atoms with van der Waals surface area (Å²) in [5, 5.41) is 9.13. The first kappa shape index (κ1) is 17.6. The number of hydrogen-bond donors (Lipinski definition) is 1. The van der Waals surface area contributed by atoms with Crippen LogP contribution in [0.4, 0.5) is 5.69 Å². The smallest absolute Gasteiger partial charge is 0.310 e. The van der Waals surface area contributed by atoms with Crippen LogP contribution in [-0.2, 0) is 11.3 Å². The molecule has 5 heteroatoms. The molecule has 1 amide bonds. The molecule has 0 bridgehead atoms. The summed E-state index contributed by atoms with van der Waals surface area (Å²) in [5.74, 6) is -0.703. The minimum atomic E-state index is -0.859. The van der Waals surface area contributed by atoms with Crippen molar-refractivity contribution in [2.45, 2.75) is 51.2 Å². The zero-order chi connectivity index (χ0) is 19.0. The number of ether oxygens (including phenoxy) is 1. The highest BCUT2D eigenvalue weighted by Crippen LogP contribution is 2.33. The van der Waals surface area contributed by atoms with Gasteiger partial charge in [-0.15, -0.1) is 0 Å². The summed E-state index contributed by atoms with van der Waals surface area (Å²) in [6.45, 7) is 2.17. The molecule has 2 aliphatic rings. The normalized spacial score (nSPS) is 17.8. The lowest BCUT2D eigenvalue weighted by atomic mass is 10.0. The molecule has 4 rings (SSSR count). The van der Waals surface area contributed by atoms with Crippen molar-refractivity contribution in [1.82, 2.24) is 0 Å². The lowest BCUT2D eigenvalue weighted by Gasteiger charge is -2.17. The molecule has 2 aromatic rings. The minimum absolute atomic E-state index is 0.0408. The predicted molar refractivity (Wildman–Crippen MR) is 102 cm³/mol. The van der Waals surface area contributed by atoms with Gasteiger partial charge in [0, 0.05) is 11.3 Å². The molecule has 0 aromatic heterocycles. The van der Waals surface area contributed by atoms with Crippen molar-refractivity contribution in [2.75, 3.05) is 4.90 Å². The molecule has 140 valence electrons. The maximum absolute atomic E-state index is 12.9. The molecular weight excluding hydrogens is 342 g/mol. The Hall–Kier alpha value is -2.82. The van der Waals surface area contributed by atoms with Gasteiger partial charge in [-0.05, 0) is 68.0 Å². The van der Waals surface area contributed by atoms with E-state index >= 15 is 0 Å². The van der Waals surface area contributed by atoms with Crippen molar-refractivity contribution in [3.63, 3.8) is 0 Å². The standard InChI is InChI=1S/C22H23NO4/c1-14(22(25)26)15-6-9-17(10-7-15)23-13-16-8-11-19(12-20(16)21(23)24)27-18-4-2-3-5-18/h6-12,14,18H,2-5,13H2,1H3,(H,25,26). The van der Waals surface area contributed by atoms with Crippen molar-refractivity contribution in [1.29, 1.82) is 0 Å². The SMILES string of the molecule is CC(C(=O)O)c1ccc(N2Cc3ccc(OC4CCCC4)cc3C2=O)cc1. The number of carboxylic acids is 1. The number of aliphatic carboxylic acids is 1. The Balaban J connectivity index is 1.52. The van der Waals surface area contributed by atoms with Crippen LogP contribution in [0.5, 0.6) is 5.75 Å². The number of carbonyl (C=O) groups excluding carboxylic acids is 1. The number of carbonyl (C=O) groups is 2. The van der Waals surface area contributed by atoms with Gasteiger partial charge in [-0.3, -0.25) is 9.59 Å². The van der Waals surface area contributed by atoms with Gasteiger partial charge in [0.2, 0.25) is 0 Å². The van der Waals surface area contributed by atoms with Crippen LogP contribution in [0.1, 0.15) is 60.0 Å². The molecule has 27 heavy (non-hydrogen) atoms. The number of carboxylic acid groups (broad SMARTS) is 1. The Morgan fingerprint density at radius 1 is 1.15 bits per heavy atom. The number of nitrogens with zero attached hydrogens (tertiary/aromatic N) is 1. The molecule has 1 unspecified atom stereocenters. The van der Waals surface area contributed by atoms with E-state index in [1.165, 1.54) is 12.8 Å². The molecule has 1 atom stereocenters. The highest BCUT2D eigenvalue weighted by Gasteiger charge is 2.29. The number of rotatable bonds is 5. The number of hydrogen-bond acceptors (Lipinski definition) is 3. The Labute approximate surface area is 158 Å². The maximum atomic E-state index is 12.9. The fraction of sp³-hybridized carbons (Fsp3) is 0.364. The van der Waals surface area contributed by atoms with E-state index in [2.05, 4.69) is 0 Å². The molecule has 0 spiro atoms. The first-order chi connectivity index (χ1) is 13.0. The minimum Gasteiger partial charge on any atom is -0.490 e. The Morgan fingerprint density at radius 3 is 2.52 bits per heavy atom. The second kappa shape index (κ2) is 7.06. The highest BCUT2D eigenvalue weighted by atomic mass is 16.5. The first-order valence-electron chi connectivity index (χ1n) is 9.47. The van der Waals surface area contributed by atoms with Crippen LogP contribution < -0.4 is 9.64 Å². The van der Waals surface area contributed by atoms with Crippen LogP contribution in [0.25, 0.3) is 0 Å². The van der Waals surface area contributed by atoms with Gasteiger partial charge in [0.25, 0.3) is 5.91 Å². The average molecular weight is 365 g/mol. The van der Waals surface area contributed by atoms with E-state index in [9.17, 15) is 9.59 Å². The van der Waals surface area contributed by atoms with Gasteiger partial charge < -0.3 is 14.7 Å². The van der Waals surface area contributed by atoms with Gasteiger partial charge in [-0.25, -0.2) is 0 Å².